The van der Waals surface area contributed by atoms with E-state index in [1.54, 1.807) is 24.3 Å². The highest BCUT2D eigenvalue weighted by atomic mass is 35.5. The number of halogens is 2. The summed E-state index contributed by atoms with van der Waals surface area (Å²) in [4.78, 5) is 16.8. The number of nitrogens with one attached hydrogen (secondary N) is 1. The van der Waals surface area contributed by atoms with Crippen molar-refractivity contribution in [2.24, 2.45) is 10.1 Å². The minimum Gasteiger partial charge on any atom is -0.489 e. The Hall–Kier alpha value is -3.39. The van der Waals surface area contributed by atoms with Crippen LogP contribution in [0.15, 0.2) is 88.5 Å². The Balaban J connectivity index is 1.33. The number of carbonyl (C=O) groups is 1. The number of amides is 1. The van der Waals surface area contributed by atoms with Crippen molar-refractivity contribution in [3.05, 3.63) is 105 Å². The Kier molecular flexibility index (Phi) is 6.24. The van der Waals surface area contributed by atoms with Gasteiger partial charge in [-0.05, 0) is 47.7 Å². The lowest BCUT2D eigenvalue weighted by molar-refractivity contribution is -0.114. The predicted molar refractivity (Wildman–Crippen MR) is 138 cm³/mol. The molecule has 0 saturated carbocycles. The second-order valence-corrected chi connectivity index (χ2v) is 9.12. The molecule has 34 heavy (non-hydrogen) atoms. The van der Waals surface area contributed by atoms with Crippen molar-refractivity contribution in [1.82, 2.24) is 5.01 Å². The average molecular weight is 507 g/mol. The molecule has 3 aromatic rings. The van der Waals surface area contributed by atoms with Crippen LogP contribution < -0.4 is 4.74 Å². The highest BCUT2D eigenvalue weighted by molar-refractivity contribution is 8.27. The Labute approximate surface area is 210 Å². The number of hydrogen-bond donors (Lipinski definition) is 1. The number of fused-ring (bicyclic) bond motifs is 1. The van der Waals surface area contributed by atoms with Crippen LogP contribution in [0.25, 0.3) is 6.08 Å². The molecule has 5 rings (SSSR count). The Morgan fingerprint density at radius 3 is 2.41 bits per heavy atom. The molecule has 0 unspecified atom stereocenters. The summed E-state index contributed by atoms with van der Waals surface area (Å²) in [5.41, 5.74) is 2.51. The van der Waals surface area contributed by atoms with Crippen molar-refractivity contribution in [1.29, 1.82) is 5.41 Å². The monoisotopic (exact) mass is 506 g/mol. The van der Waals surface area contributed by atoms with Crippen molar-refractivity contribution < 1.29 is 9.53 Å². The van der Waals surface area contributed by atoms with Gasteiger partial charge in [0, 0.05) is 16.1 Å². The number of aliphatic imine (C=N–C) groups is 1. The van der Waals surface area contributed by atoms with Crippen LogP contribution in [0.4, 0.5) is 0 Å². The second kappa shape index (κ2) is 9.46. The van der Waals surface area contributed by atoms with Gasteiger partial charge in [-0.25, -0.2) is 0 Å². The molecule has 6 nitrogen and oxygen atoms in total. The standard InChI is InChI=1S/C25H16Cl2N4O2S/c26-20-7-3-1-5-16(20)14-33-17-11-9-15(10-12-17)13-19-22(28)31-25(29-23(19)32)34-24(30-31)18-6-2-4-8-21(18)27/h1-13,28H,14H2/b19-13+,28-22?. The van der Waals surface area contributed by atoms with E-state index in [-0.39, 0.29) is 11.4 Å². The van der Waals surface area contributed by atoms with E-state index in [0.717, 1.165) is 16.7 Å². The minimum atomic E-state index is -0.488. The first-order chi connectivity index (χ1) is 16.5. The summed E-state index contributed by atoms with van der Waals surface area (Å²) in [7, 11) is 0. The molecule has 0 fully saturated rings. The van der Waals surface area contributed by atoms with Crippen LogP contribution in [-0.2, 0) is 11.4 Å². The largest absolute Gasteiger partial charge is 0.489 e. The van der Waals surface area contributed by atoms with Crippen molar-refractivity contribution in [3.8, 4) is 5.75 Å². The zero-order chi connectivity index (χ0) is 23.7. The molecular weight excluding hydrogens is 491 g/mol. The average Bonchev–Trinajstić information content (AvgIpc) is 3.26. The molecule has 168 valence electrons. The minimum absolute atomic E-state index is 0.0383. The zero-order valence-electron chi connectivity index (χ0n) is 17.5. The molecule has 0 atom stereocenters. The van der Waals surface area contributed by atoms with Crippen LogP contribution >= 0.6 is 35.0 Å². The Morgan fingerprint density at radius 1 is 0.971 bits per heavy atom. The molecule has 2 heterocycles. The smallest absolute Gasteiger partial charge is 0.283 e. The summed E-state index contributed by atoms with van der Waals surface area (Å²) >= 11 is 13.7. The van der Waals surface area contributed by atoms with Gasteiger partial charge in [0.1, 0.15) is 17.4 Å². The quantitative estimate of drug-likeness (QED) is 0.415. The summed E-state index contributed by atoms with van der Waals surface area (Å²) in [6.45, 7) is 0.346. The van der Waals surface area contributed by atoms with Gasteiger partial charge in [-0.1, -0.05) is 71.7 Å². The van der Waals surface area contributed by atoms with Crippen LogP contribution in [0.5, 0.6) is 5.75 Å². The van der Waals surface area contributed by atoms with Crippen LogP contribution in [0.3, 0.4) is 0 Å². The van der Waals surface area contributed by atoms with Gasteiger partial charge in [-0.3, -0.25) is 10.2 Å². The first-order valence-electron chi connectivity index (χ1n) is 10.2. The van der Waals surface area contributed by atoms with Crippen molar-refractivity contribution in [3.63, 3.8) is 0 Å². The van der Waals surface area contributed by atoms with Crippen molar-refractivity contribution in [2.45, 2.75) is 6.61 Å². The lowest BCUT2D eigenvalue weighted by atomic mass is 10.1. The molecule has 2 aliphatic heterocycles. The zero-order valence-corrected chi connectivity index (χ0v) is 19.9. The van der Waals surface area contributed by atoms with Gasteiger partial charge in [-0.15, -0.1) is 0 Å². The van der Waals surface area contributed by atoms with Gasteiger partial charge in [0.2, 0.25) is 5.17 Å². The maximum Gasteiger partial charge on any atom is 0.283 e. The molecule has 0 aromatic heterocycles. The highest BCUT2D eigenvalue weighted by Gasteiger charge is 2.36. The number of nitrogens with zero attached hydrogens (tertiary/aromatic N) is 3. The molecule has 0 bridgehead atoms. The molecular formula is C25H16Cl2N4O2S. The molecule has 0 radical (unpaired) electrons. The van der Waals surface area contributed by atoms with Crippen LogP contribution in [0.2, 0.25) is 10.0 Å². The maximum atomic E-state index is 12.7. The Morgan fingerprint density at radius 2 is 1.68 bits per heavy atom. The lowest BCUT2D eigenvalue weighted by Crippen LogP contribution is -2.35. The maximum absolute atomic E-state index is 12.7. The summed E-state index contributed by atoms with van der Waals surface area (Å²) in [5, 5.41) is 16.5. The van der Waals surface area contributed by atoms with E-state index in [1.807, 2.05) is 54.6 Å². The Bertz CT molecular complexity index is 1400. The molecule has 0 aliphatic carbocycles. The van der Waals surface area contributed by atoms with Gasteiger partial charge in [0.05, 0.1) is 10.6 Å². The highest BCUT2D eigenvalue weighted by Crippen LogP contribution is 2.33. The number of hydrogen-bond acceptors (Lipinski definition) is 5. The van der Waals surface area contributed by atoms with E-state index in [2.05, 4.69) is 10.1 Å². The number of benzene rings is 3. The normalized spacial score (nSPS) is 16.4. The first kappa shape index (κ1) is 22.4. The number of ether oxygens (including phenoxy) is 1. The fourth-order valence-corrected chi connectivity index (χ4v) is 4.74. The molecule has 0 spiro atoms. The van der Waals surface area contributed by atoms with Crippen LogP contribution in [0, 0.1) is 5.41 Å². The molecule has 0 saturated heterocycles. The van der Waals surface area contributed by atoms with E-state index >= 15 is 0 Å². The SMILES string of the molecule is N=C1/C(=C\c2ccc(OCc3ccccc3Cl)cc2)C(=O)N=C2SC(c3ccccc3Cl)=NN12. The van der Waals surface area contributed by atoms with Gasteiger partial charge < -0.3 is 4.74 Å². The number of hydrazone groups is 1. The van der Waals surface area contributed by atoms with Crippen LogP contribution in [-0.4, -0.2) is 27.0 Å². The number of rotatable bonds is 5. The van der Waals surface area contributed by atoms with Crippen molar-refractivity contribution in [2.75, 3.05) is 0 Å². The number of thioether (sulfide) groups is 1. The predicted octanol–water partition coefficient (Wildman–Crippen LogP) is 6.24. The first-order valence-corrected chi connectivity index (χ1v) is 11.8. The second-order valence-electron chi connectivity index (χ2n) is 7.35. The summed E-state index contributed by atoms with van der Waals surface area (Å²) < 4.78 is 5.80. The third-order valence-corrected chi connectivity index (χ3v) is 6.74. The fourth-order valence-electron chi connectivity index (χ4n) is 3.34. The summed E-state index contributed by atoms with van der Waals surface area (Å²) in [5.74, 6) is 0.138. The summed E-state index contributed by atoms with van der Waals surface area (Å²) in [6.07, 6.45) is 1.62. The fraction of sp³-hybridized carbons (Fsp3) is 0.0400. The van der Waals surface area contributed by atoms with Gasteiger partial charge in [0.15, 0.2) is 5.84 Å². The van der Waals surface area contributed by atoms with Crippen LogP contribution in [0.1, 0.15) is 16.7 Å². The number of amidine groups is 2. The van der Waals surface area contributed by atoms with Crippen molar-refractivity contribution >= 4 is 63.0 Å². The molecule has 3 aromatic carbocycles. The third kappa shape index (κ3) is 4.50. The summed E-state index contributed by atoms with van der Waals surface area (Å²) in [6, 6.07) is 22.0. The van der Waals surface area contributed by atoms with Gasteiger partial charge >= 0.3 is 0 Å². The third-order valence-electron chi connectivity index (χ3n) is 5.10. The topological polar surface area (TPSA) is 78.1 Å². The van der Waals surface area contributed by atoms with E-state index in [4.69, 9.17) is 33.3 Å². The van der Waals surface area contributed by atoms with Gasteiger partial charge in [-0.2, -0.15) is 15.1 Å². The van der Waals surface area contributed by atoms with E-state index in [9.17, 15) is 4.79 Å². The molecule has 1 N–H and O–H groups in total. The lowest BCUT2D eigenvalue weighted by Gasteiger charge is -2.20. The molecule has 2 aliphatic rings. The number of carbonyl (C=O) groups excluding carboxylic acids is 1. The van der Waals surface area contributed by atoms with E-state index < -0.39 is 5.91 Å². The van der Waals surface area contributed by atoms with Gasteiger partial charge in [0.25, 0.3) is 5.91 Å². The molecule has 9 heteroatoms. The molecule has 1 amide bonds. The van der Waals surface area contributed by atoms with E-state index in [1.165, 1.54) is 16.8 Å². The van der Waals surface area contributed by atoms with E-state index in [0.29, 0.717) is 32.6 Å².